The summed E-state index contributed by atoms with van der Waals surface area (Å²) < 4.78 is 63.5. The minimum absolute atomic E-state index is 0.179. The topological polar surface area (TPSA) is 46.2 Å². The number of hydrogen-bond donors (Lipinski definition) is 1. The van der Waals surface area contributed by atoms with E-state index in [9.17, 15) is 21.6 Å². The van der Waals surface area contributed by atoms with Crippen LogP contribution >= 0.6 is 0 Å². The van der Waals surface area contributed by atoms with Gasteiger partial charge in [-0.25, -0.2) is 13.1 Å². The van der Waals surface area contributed by atoms with Crippen molar-refractivity contribution >= 4 is 10.0 Å². The Bertz CT molecular complexity index is 533. The second kappa shape index (κ2) is 5.13. The summed E-state index contributed by atoms with van der Waals surface area (Å²) in [7, 11) is -3.81. The van der Waals surface area contributed by atoms with E-state index in [1.807, 2.05) is 6.92 Å². The predicted octanol–water partition coefficient (Wildman–Crippen LogP) is 3.17. The quantitative estimate of drug-likeness (QED) is 0.927. The van der Waals surface area contributed by atoms with Crippen LogP contribution in [0.2, 0.25) is 0 Å². The van der Waals surface area contributed by atoms with Crippen LogP contribution in [0.4, 0.5) is 13.2 Å². The molecule has 108 valence electrons. The van der Waals surface area contributed by atoms with Crippen LogP contribution in [0.25, 0.3) is 0 Å². The maximum Gasteiger partial charge on any atom is 0.416 e. The van der Waals surface area contributed by atoms with Crippen LogP contribution in [-0.2, 0) is 16.2 Å². The maximum absolute atomic E-state index is 12.4. The smallest absolute Gasteiger partial charge is 0.207 e. The summed E-state index contributed by atoms with van der Waals surface area (Å²) in [5, 5.41) is 0. The highest BCUT2D eigenvalue weighted by Crippen LogP contribution is 2.29. The molecule has 1 aromatic rings. The van der Waals surface area contributed by atoms with Gasteiger partial charge in [-0.3, -0.25) is 0 Å². The van der Waals surface area contributed by atoms with Gasteiger partial charge >= 0.3 is 6.18 Å². The Morgan fingerprint density at radius 3 is 1.95 bits per heavy atom. The van der Waals surface area contributed by atoms with E-state index in [1.165, 1.54) is 0 Å². The SMILES string of the molecule is CCC(C)(C)NS(=O)(=O)c1ccc(C(F)(F)F)cc1. The summed E-state index contributed by atoms with van der Waals surface area (Å²) in [6, 6.07) is 3.43. The van der Waals surface area contributed by atoms with Crippen LogP contribution in [0.5, 0.6) is 0 Å². The van der Waals surface area contributed by atoms with Crippen molar-refractivity contribution in [2.24, 2.45) is 0 Å². The second-order valence-corrected chi connectivity index (χ2v) is 6.55. The molecule has 0 fully saturated rings. The van der Waals surface area contributed by atoms with Crippen LogP contribution in [-0.4, -0.2) is 14.0 Å². The van der Waals surface area contributed by atoms with Gasteiger partial charge in [0.05, 0.1) is 10.5 Å². The maximum atomic E-state index is 12.4. The third kappa shape index (κ3) is 4.21. The molecule has 0 bridgehead atoms. The molecule has 0 aliphatic carbocycles. The Labute approximate surface area is 110 Å². The number of benzene rings is 1. The van der Waals surface area contributed by atoms with Gasteiger partial charge < -0.3 is 0 Å². The molecule has 0 saturated carbocycles. The van der Waals surface area contributed by atoms with Crippen molar-refractivity contribution in [1.29, 1.82) is 0 Å². The third-order valence-corrected chi connectivity index (χ3v) is 4.50. The molecule has 0 amide bonds. The van der Waals surface area contributed by atoms with Crippen LogP contribution in [0.15, 0.2) is 29.2 Å². The van der Waals surface area contributed by atoms with Crippen LogP contribution in [0.1, 0.15) is 32.8 Å². The molecule has 0 atom stereocenters. The minimum atomic E-state index is -4.47. The molecular weight excluding hydrogens is 279 g/mol. The molecule has 3 nitrogen and oxygen atoms in total. The summed E-state index contributed by atoms with van der Waals surface area (Å²) in [4.78, 5) is -0.179. The van der Waals surface area contributed by atoms with E-state index in [1.54, 1.807) is 13.8 Å². The van der Waals surface area contributed by atoms with E-state index in [0.29, 0.717) is 6.42 Å². The van der Waals surface area contributed by atoms with Gasteiger partial charge in [-0.15, -0.1) is 0 Å². The molecule has 0 aromatic heterocycles. The molecule has 0 spiro atoms. The average Bonchev–Trinajstić information content (AvgIpc) is 2.27. The molecule has 19 heavy (non-hydrogen) atoms. The molecule has 0 heterocycles. The van der Waals surface area contributed by atoms with E-state index in [2.05, 4.69) is 4.72 Å². The van der Waals surface area contributed by atoms with Crippen molar-refractivity contribution in [2.75, 3.05) is 0 Å². The Hall–Kier alpha value is -1.08. The fraction of sp³-hybridized carbons (Fsp3) is 0.500. The number of sulfonamides is 1. The molecular formula is C12H16F3NO2S. The normalized spacial score (nSPS) is 13.6. The van der Waals surface area contributed by atoms with Crippen molar-refractivity contribution in [2.45, 2.75) is 43.8 Å². The summed E-state index contributed by atoms with van der Waals surface area (Å²) in [5.41, 5.74) is -1.53. The molecule has 1 aromatic carbocycles. The van der Waals surface area contributed by atoms with Crippen molar-refractivity contribution in [3.05, 3.63) is 29.8 Å². The van der Waals surface area contributed by atoms with Crippen LogP contribution in [0.3, 0.4) is 0 Å². The van der Waals surface area contributed by atoms with E-state index in [0.717, 1.165) is 24.3 Å². The van der Waals surface area contributed by atoms with Gasteiger partial charge in [0.15, 0.2) is 0 Å². The summed E-state index contributed by atoms with van der Waals surface area (Å²) in [6.45, 7) is 5.22. The van der Waals surface area contributed by atoms with Crippen LogP contribution in [0, 0.1) is 0 Å². The molecule has 0 aliphatic rings. The minimum Gasteiger partial charge on any atom is -0.207 e. The fourth-order valence-corrected chi connectivity index (χ4v) is 2.80. The second-order valence-electron chi connectivity index (χ2n) is 4.87. The highest BCUT2D eigenvalue weighted by molar-refractivity contribution is 7.89. The van der Waals surface area contributed by atoms with Gasteiger partial charge in [-0.1, -0.05) is 6.92 Å². The van der Waals surface area contributed by atoms with E-state index >= 15 is 0 Å². The monoisotopic (exact) mass is 295 g/mol. The zero-order chi connectivity index (χ0) is 14.9. The van der Waals surface area contributed by atoms with Gasteiger partial charge in [0.25, 0.3) is 0 Å². The van der Waals surface area contributed by atoms with Gasteiger partial charge in [0.2, 0.25) is 10.0 Å². The molecule has 7 heteroatoms. The number of alkyl halides is 3. The van der Waals surface area contributed by atoms with E-state index in [-0.39, 0.29) is 4.90 Å². The van der Waals surface area contributed by atoms with Gasteiger partial charge in [0, 0.05) is 5.54 Å². The standard InChI is InChI=1S/C12H16F3NO2S/c1-4-11(2,3)16-19(17,18)10-7-5-9(6-8-10)12(13,14)15/h5-8,16H,4H2,1-3H3. The van der Waals surface area contributed by atoms with Gasteiger partial charge in [-0.05, 0) is 44.5 Å². The first kappa shape index (κ1) is 16.0. The fourth-order valence-electron chi connectivity index (χ4n) is 1.32. The Kier molecular flexibility index (Phi) is 4.31. The Morgan fingerprint density at radius 2 is 1.58 bits per heavy atom. The number of hydrogen-bond acceptors (Lipinski definition) is 2. The summed E-state index contributed by atoms with van der Waals surface area (Å²) >= 11 is 0. The molecule has 0 unspecified atom stereocenters. The third-order valence-electron chi connectivity index (χ3n) is 2.79. The molecule has 0 aliphatic heterocycles. The number of rotatable bonds is 4. The average molecular weight is 295 g/mol. The lowest BCUT2D eigenvalue weighted by molar-refractivity contribution is -0.137. The lowest BCUT2D eigenvalue weighted by atomic mass is 10.0. The summed E-state index contributed by atoms with van der Waals surface area (Å²) in [5.74, 6) is 0. The largest absolute Gasteiger partial charge is 0.416 e. The Morgan fingerprint density at radius 1 is 1.11 bits per heavy atom. The van der Waals surface area contributed by atoms with Crippen molar-refractivity contribution in [3.63, 3.8) is 0 Å². The number of halogens is 3. The first-order chi connectivity index (χ1) is 8.48. The van der Waals surface area contributed by atoms with E-state index in [4.69, 9.17) is 0 Å². The van der Waals surface area contributed by atoms with E-state index < -0.39 is 27.3 Å². The molecule has 1 N–H and O–H groups in total. The Balaban J connectivity index is 3.04. The van der Waals surface area contributed by atoms with Crippen molar-refractivity contribution in [1.82, 2.24) is 4.72 Å². The summed E-state index contributed by atoms with van der Waals surface area (Å²) in [6.07, 6.45) is -3.91. The van der Waals surface area contributed by atoms with Crippen LogP contribution < -0.4 is 4.72 Å². The first-order valence-electron chi connectivity index (χ1n) is 5.69. The predicted molar refractivity (Wildman–Crippen MR) is 66.1 cm³/mol. The zero-order valence-electron chi connectivity index (χ0n) is 10.9. The molecule has 0 radical (unpaired) electrons. The van der Waals surface area contributed by atoms with Gasteiger partial charge in [0.1, 0.15) is 0 Å². The lowest BCUT2D eigenvalue weighted by Gasteiger charge is -2.24. The zero-order valence-corrected chi connectivity index (χ0v) is 11.7. The van der Waals surface area contributed by atoms with Crippen molar-refractivity contribution in [3.8, 4) is 0 Å². The first-order valence-corrected chi connectivity index (χ1v) is 7.17. The lowest BCUT2D eigenvalue weighted by Crippen LogP contribution is -2.42. The van der Waals surface area contributed by atoms with Gasteiger partial charge in [-0.2, -0.15) is 13.2 Å². The highest BCUT2D eigenvalue weighted by atomic mass is 32.2. The number of nitrogens with one attached hydrogen (secondary N) is 1. The van der Waals surface area contributed by atoms with Crippen molar-refractivity contribution < 1.29 is 21.6 Å². The molecule has 0 saturated heterocycles. The highest BCUT2D eigenvalue weighted by Gasteiger charge is 2.31. The molecule has 1 rings (SSSR count).